The van der Waals surface area contributed by atoms with Gasteiger partial charge in [-0.15, -0.1) is 0 Å². The Labute approximate surface area is 151 Å². The predicted molar refractivity (Wildman–Crippen MR) is 94.7 cm³/mol. The molecule has 1 aromatic heterocycles. The van der Waals surface area contributed by atoms with Crippen LogP contribution in [0.1, 0.15) is 37.9 Å². The van der Waals surface area contributed by atoms with E-state index in [0.717, 1.165) is 37.6 Å². The molecule has 0 saturated heterocycles. The second-order valence-electron chi connectivity index (χ2n) is 6.36. The van der Waals surface area contributed by atoms with Crippen molar-refractivity contribution in [3.05, 3.63) is 21.9 Å². The summed E-state index contributed by atoms with van der Waals surface area (Å²) in [7, 11) is 1.81. The Kier molecular flexibility index (Phi) is 5.55. The van der Waals surface area contributed by atoms with Gasteiger partial charge in [0, 0.05) is 7.05 Å². The molecule has 7 heteroatoms. The van der Waals surface area contributed by atoms with Crippen molar-refractivity contribution in [2.75, 3.05) is 6.61 Å². The molecule has 0 aliphatic heterocycles. The highest BCUT2D eigenvalue weighted by molar-refractivity contribution is 6.44. The number of aromatic nitrogens is 2. The number of ether oxygens (including phenoxy) is 1. The molecule has 0 unspecified atom stereocenters. The molecule has 0 spiro atoms. The Morgan fingerprint density at radius 1 is 1.33 bits per heavy atom. The van der Waals surface area contributed by atoms with E-state index in [4.69, 9.17) is 27.9 Å². The fourth-order valence-electron chi connectivity index (χ4n) is 3.40. The number of hydrogen-bond acceptors (Lipinski definition) is 4. The molecule has 0 bridgehead atoms. The molecule has 5 nitrogen and oxygen atoms in total. The largest absolute Gasteiger partial charge is 0.490 e. The molecule has 0 amide bonds. The summed E-state index contributed by atoms with van der Waals surface area (Å²) in [6.45, 7) is 0.274. The average molecular weight is 373 g/mol. The van der Waals surface area contributed by atoms with Crippen LogP contribution in [0.5, 0.6) is 5.75 Å². The maximum atomic E-state index is 10.1. The molecular weight excluding hydrogens is 351 g/mol. The molecule has 2 N–H and O–H groups in total. The second kappa shape index (κ2) is 7.48. The van der Waals surface area contributed by atoms with Crippen LogP contribution in [0.4, 0.5) is 0 Å². The number of benzene rings is 1. The third kappa shape index (κ3) is 3.36. The lowest BCUT2D eigenvalue weighted by atomic mass is 9.85. The molecule has 132 valence electrons. The molecule has 1 fully saturated rings. The fraction of sp³-hybridized carbons (Fsp3) is 0.588. The molecule has 1 aliphatic rings. The van der Waals surface area contributed by atoms with Gasteiger partial charge in [0.1, 0.15) is 23.0 Å². The monoisotopic (exact) mass is 372 g/mol. The first-order valence-corrected chi connectivity index (χ1v) is 9.03. The van der Waals surface area contributed by atoms with Crippen molar-refractivity contribution >= 4 is 34.2 Å². The Balaban J connectivity index is 1.81. The molecule has 1 saturated carbocycles. The summed E-state index contributed by atoms with van der Waals surface area (Å²) >= 11 is 12.5. The van der Waals surface area contributed by atoms with E-state index >= 15 is 0 Å². The van der Waals surface area contributed by atoms with Gasteiger partial charge in [-0.2, -0.15) is 0 Å². The maximum Gasteiger partial charge on any atom is 0.167 e. The second-order valence-corrected chi connectivity index (χ2v) is 7.15. The van der Waals surface area contributed by atoms with Crippen molar-refractivity contribution in [3.8, 4) is 5.75 Å². The zero-order valence-corrected chi connectivity index (χ0v) is 15.1. The zero-order chi connectivity index (χ0) is 17.3. The lowest BCUT2D eigenvalue weighted by Crippen LogP contribution is -2.26. The first-order chi connectivity index (χ1) is 11.5. The molecule has 2 aromatic rings. The maximum absolute atomic E-state index is 10.1. The van der Waals surface area contributed by atoms with E-state index in [9.17, 15) is 10.2 Å². The Morgan fingerprint density at radius 2 is 2.08 bits per heavy atom. The van der Waals surface area contributed by atoms with E-state index in [2.05, 4.69) is 4.98 Å². The molecule has 0 radical (unpaired) electrons. The van der Waals surface area contributed by atoms with Crippen molar-refractivity contribution in [2.45, 2.75) is 44.8 Å². The quantitative estimate of drug-likeness (QED) is 0.839. The standard InChI is InChI=1S/C17H22Cl2N2O3/c1-21-12-8-11(18)15(19)17(16(12)20-14(21)9-22)24-7-6-10-4-2-3-5-13(10)23/h8,10,13,22-23H,2-7,9H2,1H3/t10-,13+/m1/s1. The topological polar surface area (TPSA) is 67.5 Å². The lowest BCUT2D eigenvalue weighted by molar-refractivity contribution is 0.0574. The van der Waals surface area contributed by atoms with Gasteiger partial charge in [0.15, 0.2) is 5.75 Å². The van der Waals surface area contributed by atoms with Crippen molar-refractivity contribution in [2.24, 2.45) is 13.0 Å². The smallest absolute Gasteiger partial charge is 0.167 e. The first-order valence-electron chi connectivity index (χ1n) is 8.28. The van der Waals surface area contributed by atoms with Crippen LogP contribution in [0.2, 0.25) is 10.0 Å². The molecular formula is C17H22Cl2N2O3. The zero-order valence-electron chi connectivity index (χ0n) is 13.6. The van der Waals surface area contributed by atoms with Crippen LogP contribution in [-0.2, 0) is 13.7 Å². The van der Waals surface area contributed by atoms with Gasteiger partial charge in [-0.3, -0.25) is 0 Å². The van der Waals surface area contributed by atoms with Gasteiger partial charge >= 0.3 is 0 Å². The predicted octanol–water partition coefficient (Wildman–Crippen LogP) is 3.69. The van der Waals surface area contributed by atoms with E-state index < -0.39 is 0 Å². The van der Waals surface area contributed by atoms with Crippen molar-refractivity contribution in [1.29, 1.82) is 0 Å². The Morgan fingerprint density at radius 3 is 2.79 bits per heavy atom. The van der Waals surface area contributed by atoms with Crippen LogP contribution >= 0.6 is 23.2 Å². The number of aliphatic hydroxyl groups excluding tert-OH is 2. The fourth-order valence-corrected chi connectivity index (χ4v) is 3.79. The van der Waals surface area contributed by atoms with Crippen LogP contribution in [0.15, 0.2) is 6.07 Å². The molecule has 1 aliphatic carbocycles. The summed E-state index contributed by atoms with van der Waals surface area (Å²) in [4.78, 5) is 4.41. The van der Waals surface area contributed by atoms with Gasteiger partial charge in [0.2, 0.25) is 0 Å². The number of fused-ring (bicyclic) bond motifs is 1. The van der Waals surface area contributed by atoms with Crippen molar-refractivity contribution in [3.63, 3.8) is 0 Å². The molecule has 1 heterocycles. The number of imidazole rings is 1. The summed E-state index contributed by atoms with van der Waals surface area (Å²) in [5.41, 5.74) is 1.36. The van der Waals surface area contributed by atoms with E-state index in [-0.39, 0.29) is 18.6 Å². The van der Waals surface area contributed by atoms with Gasteiger partial charge in [-0.05, 0) is 31.2 Å². The Bertz CT molecular complexity index is 732. The van der Waals surface area contributed by atoms with Gasteiger partial charge in [0.25, 0.3) is 0 Å². The van der Waals surface area contributed by atoms with Gasteiger partial charge < -0.3 is 19.5 Å². The van der Waals surface area contributed by atoms with Crippen LogP contribution < -0.4 is 4.74 Å². The van der Waals surface area contributed by atoms with Crippen molar-refractivity contribution in [1.82, 2.24) is 9.55 Å². The normalized spacial score (nSPS) is 21.4. The van der Waals surface area contributed by atoms with Gasteiger partial charge in [-0.25, -0.2) is 4.98 Å². The minimum atomic E-state index is -0.243. The highest BCUT2D eigenvalue weighted by Gasteiger charge is 2.24. The SMILES string of the molecule is Cn1c(CO)nc2c(OCC[C@H]3CCCC[C@@H]3O)c(Cl)c(Cl)cc21. The number of halogens is 2. The van der Waals surface area contributed by atoms with E-state index in [1.54, 1.807) is 10.6 Å². The summed E-state index contributed by atoms with van der Waals surface area (Å²) in [5, 5.41) is 20.2. The summed E-state index contributed by atoms with van der Waals surface area (Å²) in [6.07, 6.45) is 4.67. The lowest BCUT2D eigenvalue weighted by Gasteiger charge is -2.27. The summed E-state index contributed by atoms with van der Waals surface area (Å²) in [6, 6.07) is 1.73. The Hall–Kier alpha value is -1.01. The van der Waals surface area contributed by atoms with Gasteiger partial charge in [0.05, 0.1) is 23.3 Å². The molecule has 1 aromatic carbocycles. The number of hydrogen-bond donors (Lipinski definition) is 2. The van der Waals surface area contributed by atoms with Crippen LogP contribution in [-0.4, -0.2) is 32.5 Å². The summed E-state index contributed by atoms with van der Waals surface area (Å²) < 4.78 is 7.68. The number of rotatable bonds is 5. The van der Waals surface area contributed by atoms with Gasteiger partial charge in [-0.1, -0.05) is 36.0 Å². The van der Waals surface area contributed by atoms with Crippen LogP contribution in [0.3, 0.4) is 0 Å². The summed E-state index contributed by atoms with van der Waals surface area (Å²) in [5.74, 6) is 1.24. The highest BCUT2D eigenvalue weighted by Crippen LogP contribution is 2.39. The molecule has 24 heavy (non-hydrogen) atoms. The minimum Gasteiger partial charge on any atom is -0.490 e. The number of nitrogens with zero attached hydrogens (tertiary/aromatic N) is 2. The van der Waals surface area contributed by atoms with Crippen LogP contribution in [0.25, 0.3) is 11.0 Å². The van der Waals surface area contributed by atoms with E-state index in [1.165, 1.54) is 0 Å². The first kappa shape index (κ1) is 17.8. The van der Waals surface area contributed by atoms with Crippen molar-refractivity contribution < 1.29 is 14.9 Å². The van der Waals surface area contributed by atoms with Crippen LogP contribution in [0, 0.1) is 5.92 Å². The molecule has 2 atom stereocenters. The highest BCUT2D eigenvalue weighted by atomic mass is 35.5. The average Bonchev–Trinajstić information content (AvgIpc) is 2.89. The molecule has 3 rings (SSSR count). The van der Waals surface area contributed by atoms with E-state index in [1.807, 2.05) is 7.05 Å². The van der Waals surface area contributed by atoms with E-state index in [0.29, 0.717) is 33.7 Å². The third-order valence-corrected chi connectivity index (χ3v) is 5.64. The minimum absolute atomic E-state index is 0.172. The number of aryl methyl sites for hydroxylation is 1. The third-order valence-electron chi connectivity index (χ3n) is 4.86. The number of aliphatic hydroxyl groups is 2.